The summed E-state index contributed by atoms with van der Waals surface area (Å²) in [5.41, 5.74) is 1.68. The number of hydrogen-bond donors (Lipinski definition) is 1. The molecule has 0 amide bonds. The SMILES string of the molecule is Cc1cccn2c(=O)c(-c3nn[nH]n3)cnc12.[K]. The van der Waals surface area contributed by atoms with Gasteiger partial charge in [0.1, 0.15) is 11.2 Å². The van der Waals surface area contributed by atoms with Crippen LogP contribution >= 0.6 is 0 Å². The van der Waals surface area contributed by atoms with Crippen molar-refractivity contribution in [3.8, 4) is 11.4 Å². The minimum Gasteiger partial charge on any atom is -0.268 e. The average molecular weight is 267 g/mol. The van der Waals surface area contributed by atoms with E-state index in [1.165, 1.54) is 10.6 Å². The van der Waals surface area contributed by atoms with E-state index in [4.69, 9.17) is 0 Å². The maximum Gasteiger partial charge on any atom is 0.269 e. The second kappa shape index (κ2) is 5.37. The molecule has 1 N–H and O–H groups in total. The van der Waals surface area contributed by atoms with Gasteiger partial charge in [-0.25, -0.2) is 4.98 Å². The fourth-order valence-electron chi connectivity index (χ4n) is 1.68. The molecule has 3 aromatic rings. The molecule has 3 aromatic heterocycles. The van der Waals surface area contributed by atoms with Gasteiger partial charge in [-0.1, -0.05) is 6.07 Å². The van der Waals surface area contributed by atoms with Gasteiger partial charge in [-0.15, -0.1) is 10.2 Å². The number of aromatic amines is 1. The fraction of sp³-hybridized carbons (Fsp3) is 0.100. The summed E-state index contributed by atoms with van der Waals surface area (Å²) in [6, 6.07) is 3.70. The first-order valence-electron chi connectivity index (χ1n) is 4.98. The van der Waals surface area contributed by atoms with Crippen LogP contribution in [0.3, 0.4) is 0 Å². The van der Waals surface area contributed by atoms with Gasteiger partial charge in [0.15, 0.2) is 0 Å². The Hall–Kier alpha value is -0.934. The summed E-state index contributed by atoms with van der Waals surface area (Å²) >= 11 is 0. The van der Waals surface area contributed by atoms with Crippen LogP contribution in [0.2, 0.25) is 0 Å². The van der Waals surface area contributed by atoms with Crippen molar-refractivity contribution in [2.24, 2.45) is 0 Å². The molecule has 85 valence electrons. The second-order valence-electron chi connectivity index (χ2n) is 3.60. The molecule has 18 heavy (non-hydrogen) atoms. The molecule has 3 heterocycles. The first-order chi connectivity index (χ1) is 8.27. The summed E-state index contributed by atoms with van der Waals surface area (Å²) < 4.78 is 1.47. The van der Waals surface area contributed by atoms with Crippen LogP contribution in [0.1, 0.15) is 5.56 Å². The number of tetrazole rings is 1. The van der Waals surface area contributed by atoms with Gasteiger partial charge in [0, 0.05) is 63.8 Å². The quantitative estimate of drug-likeness (QED) is 0.617. The Morgan fingerprint density at radius 1 is 1.39 bits per heavy atom. The van der Waals surface area contributed by atoms with Crippen molar-refractivity contribution >= 4 is 57.0 Å². The summed E-state index contributed by atoms with van der Waals surface area (Å²) in [6.45, 7) is 1.90. The van der Waals surface area contributed by atoms with Gasteiger partial charge >= 0.3 is 0 Å². The van der Waals surface area contributed by atoms with Gasteiger partial charge in [0.2, 0.25) is 5.82 Å². The van der Waals surface area contributed by atoms with Crippen molar-refractivity contribution in [1.29, 1.82) is 0 Å². The molecule has 0 saturated carbocycles. The van der Waals surface area contributed by atoms with Crippen molar-refractivity contribution < 1.29 is 0 Å². The van der Waals surface area contributed by atoms with E-state index in [2.05, 4.69) is 25.6 Å². The smallest absolute Gasteiger partial charge is 0.268 e. The number of pyridine rings is 1. The van der Waals surface area contributed by atoms with Crippen LogP contribution in [0.4, 0.5) is 0 Å². The van der Waals surface area contributed by atoms with Crippen LogP contribution in [-0.2, 0) is 0 Å². The summed E-state index contributed by atoms with van der Waals surface area (Å²) in [6.07, 6.45) is 3.14. The minimum atomic E-state index is -0.208. The van der Waals surface area contributed by atoms with Gasteiger partial charge in [0.25, 0.3) is 5.56 Å². The van der Waals surface area contributed by atoms with E-state index in [1.54, 1.807) is 12.3 Å². The molecule has 1 radical (unpaired) electrons. The van der Waals surface area contributed by atoms with Gasteiger partial charge in [-0.05, 0) is 23.8 Å². The molecule has 0 aliphatic rings. The van der Waals surface area contributed by atoms with Crippen molar-refractivity contribution in [1.82, 2.24) is 30.0 Å². The predicted octanol–water partition coefficient (Wildman–Crippen LogP) is -0.198. The topological polar surface area (TPSA) is 88.8 Å². The predicted molar refractivity (Wildman–Crippen MR) is 65.1 cm³/mol. The molecule has 8 heteroatoms. The zero-order valence-electron chi connectivity index (χ0n) is 9.95. The van der Waals surface area contributed by atoms with Crippen LogP contribution in [0.15, 0.2) is 29.3 Å². The van der Waals surface area contributed by atoms with E-state index < -0.39 is 0 Å². The molecule has 0 spiro atoms. The van der Waals surface area contributed by atoms with Gasteiger partial charge in [-0.3, -0.25) is 9.20 Å². The third kappa shape index (κ3) is 2.17. The third-order valence-corrected chi connectivity index (χ3v) is 2.51. The van der Waals surface area contributed by atoms with Crippen molar-refractivity contribution in [2.75, 3.05) is 0 Å². The number of nitrogens with one attached hydrogen (secondary N) is 1. The van der Waals surface area contributed by atoms with Crippen LogP contribution in [0.5, 0.6) is 0 Å². The Morgan fingerprint density at radius 3 is 2.94 bits per heavy atom. The number of H-pyrrole nitrogens is 1. The first-order valence-corrected chi connectivity index (χ1v) is 4.98. The molecular formula is C10H8KN6O. The number of hydrogen-bond acceptors (Lipinski definition) is 5. The molecule has 0 aliphatic heterocycles. The second-order valence-corrected chi connectivity index (χ2v) is 3.60. The van der Waals surface area contributed by atoms with Crippen LogP contribution in [-0.4, -0.2) is 81.4 Å². The average Bonchev–Trinajstić information content (AvgIpc) is 2.84. The zero-order valence-corrected chi connectivity index (χ0v) is 13.1. The molecule has 0 aromatic carbocycles. The summed E-state index contributed by atoms with van der Waals surface area (Å²) in [4.78, 5) is 16.4. The fourth-order valence-corrected chi connectivity index (χ4v) is 1.68. The number of aromatic nitrogens is 6. The van der Waals surface area contributed by atoms with E-state index in [0.717, 1.165) is 5.56 Å². The summed E-state index contributed by atoms with van der Waals surface area (Å²) in [5.74, 6) is 0.249. The van der Waals surface area contributed by atoms with E-state index in [1.807, 2.05) is 13.0 Å². The van der Waals surface area contributed by atoms with Crippen LogP contribution < -0.4 is 5.56 Å². The number of nitrogens with zero attached hydrogens (tertiary/aromatic N) is 5. The monoisotopic (exact) mass is 267 g/mol. The zero-order chi connectivity index (χ0) is 11.8. The molecule has 3 rings (SSSR count). The summed E-state index contributed by atoms with van der Waals surface area (Å²) in [7, 11) is 0. The summed E-state index contributed by atoms with van der Waals surface area (Å²) in [5, 5.41) is 13.3. The molecule has 0 unspecified atom stereocenters. The normalized spacial score (nSPS) is 10.3. The number of fused-ring (bicyclic) bond motifs is 1. The molecule has 0 fully saturated rings. The Labute approximate surface area is 144 Å². The Bertz CT molecular complexity index is 736. The number of rotatable bonds is 1. The van der Waals surface area contributed by atoms with E-state index in [-0.39, 0.29) is 62.8 Å². The molecular weight excluding hydrogens is 259 g/mol. The van der Waals surface area contributed by atoms with Gasteiger partial charge in [0.05, 0.1) is 0 Å². The molecule has 0 bridgehead atoms. The van der Waals surface area contributed by atoms with Crippen molar-refractivity contribution in [2.45, 2.75) is 6.92 Å². The Balaban J connectivity index is 0.00000120. The largest absolute Gasteiger partial charge is 0.269 e. The molecule has 0 saturated heterocycles. The molecule has 7 nitrogen and oxygen atoms in total. The Morgan fingerprint density at radius 2 is 2.22 bits per heavy atom. The van der Waals surface area contributed by atoms with Gasteiger partial charge < -0.3 is 0 Å². The third-order valence-electron chi connectivity index (χ3n) is 2.51. The van der Waals surface area contributed by atoms with E-state index in [9.17, 15) is 4.79 Å². The first kappa shape index (κ1) is 13.5. The van der Waals surface area contributed by atoms with Gasteiger partial charge in [-0.2, -0.15) is 5.21 Å². The van der Waals surface area contributed by atoms with Crippen molar-refractivity contribution in [3.63, 3.8) is 0 Å². The van der Waals surface area contributed by atoms with Crippen LogP contribution in [0, 0.1) is 6.92 Å². The molecule has 0 aliphatic carbocycles. The maximum absolute atomic E-state index is 12.2. The molecule has 0 atom stereocenters. The number of aryl methyl sites for hydroxylation is 1. The standard InChI is InChI=1S/C10H8N6O.K/c1-6-3-2-4-16-9(6)11-5-7(10(16)17)8-12-14-15-13-8;/h2-5H,1H3,(H,12,13,14,15);. The Kier molecular flexibility index (Phi) is 4.02. The maximum atomic E-state index is 12.2. The van der Waals surface area contributed by atoms with Crippen LogP contribution in [0.25, 0.3) is 17.0 Å². The van der Waals surface area contributed by atoms with E-state index in [0.29, 0.717) is 11.2 Å². The van der Waals surface area contributed by atoms with E-state index >= 15 is 0 Å². The van der Waals surface area contributed by atoms with Crippen molar-refractivity contribution in [3.05, 3.63) is 40.4 Å². The minimum absolute atomic E-state index is 0.